The first kappa shape index (κ1) is 30.1. The van der Waals surface area contributed by atoms with Crippen LogP contribution in [0.25, 0.3) is 0 Å². The number of anilines is 1. The topological polar surface area (TPSA) is 178 Å². The Kier molecular flexibility index (Phi) is 8.75. The number of aliphatic hydroxyl groups excluding tert-OH is 2. The van der Waals surface area contributed by atoms with E-state index in [9.17, 15) is 33.0 Å². The second-order valence-corrected chi connectivity index (χ2v) is 11.8. The lowest BCUT2D eigenvalue weighted by Crippen LogP contribution is -2.73. The molecule has 0 radical (unpaired) electrons. The van der Waals surface area contributed by atoms with Crippen molar-refractivity contribution in [3.05, 3.63) is 84.4 Å². The quantitative estimate of drug-likeness (QED) is 0.203. The highest BCUT2D eigenvalue weighted by molar-refractivity contribution is 7.89. The van der Waals surface area contributed by atoms with E-state index in [0.29, 0.717) is 30.2 Å². The van der Waals surface area contributed by atoms with E-state index < -0.39 is 52.7 Å². The van der Waals surface area contributed by atoms with E-state index in [1.807, 2.05) is 23.1 Å². The van der Waals surface area contributed by atoms with Crippen LogP contribution in [0.4, 0.5) is 10.5 Å². The number of barbiturate groups is 1. The molecule has 0 bridgehead atoms. The van der Waals surface area contributed by atoms with Crippen LogP contribution in [0.5, 0.6) is 11.5 Å². The molecule has 0 spiro atoms. The fraction of sp³-hybridized carbons (Fsp3) is 0.276. The van der Waals surface area contributed by atoms with Crippen LogP contribution in [0.3, 0.4) is 0 Å². The maximum Gasteiger partial charge on any atom is 0.328 e. The molecule has 2 fully saturated rings. The number of hydrogen-bond acceptors (Lipinski definition) is 10. The molecule has 2 saturated heterocycles. The normalized spacial score (nSPS) is 17.5. The van der Waals surface area contributed by atoms with E-state index in [4.69, 9.17) is 4.74 Å². The number of sulfonamides is 1. The zero-order chi connectivity index (χ0) is 30.6. The van der Waals surface area contributed by atoms with Crippen LogP contribution in [-0.2, 0) is 25.2 Å². The van der Waals surface area contributed by atoms with Gasteiger partial charge in [0.05, 0.1) is 24.2 Å². The molecule has 226 valence electrons. The van der Waals surface area contributed by atoms with Gasteiger partial charge in [0.2, 0.25) is 15.6 Å². The number of aliphatic hydroxyl groups is 2. The minimum atomic E-state index is -3.95. The first-order chi connectivity index (χ1) is 20.7. The molecule has 2 heterocycles. The lowest BCUT2D eigenvalue weighted by atomic mass is 9.84. The third-order valence-electron chi connectivity index (χ3n) is 7.39. The SMILES string of the molecule is O=C1NC(=O)C(c2ccc(Oc3ccccc3)cc2)(N2CCN(c3ccc(S(=O)(=O)NC(CO)CO)cc3)CC2)C(=O)N1. The van der Waals surface area contributed by atoms with Crippen LogP contribution >= 0.6 is 0 Å². The van der Waals surface area contributed by atoms with E-state index in [2.05, 4.69) is 15.4 Å². The van der Waals surface area contributed by atoms with Gasteiger partial charge < -0.3 is 19.8 Å². The van der Waals surface area contributed by atoms with Crippen molar-refractivity contribution < 1.29 is 37.8 Å². The zero-order valence-corrected chi connectivity index (χ0v) is 23.8. The largest absolute Gasteiger partial charge is 0.457 e. The standard InChI is InChI=1S/C29H31N5O8S/c35-18-21(19-36)32-43(40,41)25-12-8-22(9-13-25)33-14-16-34(17-15-33)29(26(37)30-28(39)31-27(29)38)20-6-10-24(11-7-20)42-23-4-2-1-3-5-23/h1-13,21,32,35-36H,14-19H2,(H2,30,31,37,38,39). The number of rotatable bonds is 10. The molecule has 2 aliphatic heterocycles. The smallest absolute Gasteiger partial charge is 0.328 e. The summed E-state index contributed by atoms with van der Waals surface area (Å²) in [6, 6.07) is 19.9. The Bertz CT molecular complexity index is 1550. The third kappa shape index (κ3) is 6.09. The number of nitrogens with zero attached hydrogens (tertiary/aromatic N) is 2. The second kappa shape index (κ2) is 12.5. The number of carbonyl (C=O) groups excluding carboxylic acids is 3. The van der Waals surface area contributed by atoms with Crippen molar-refractivity contribution >= 4 is 33.6 Å². The van der Waals surface area contributed by atoms with Crippen molar-refractivity contribution in [2.75, 3.05) is 44.3 Å². The number of piperazine rings is 1. The van der Waals surface area contributed by atoms with Gasteiger partial charge in [-0.25, -0.2) is 17.9 Å². The number of benzene rings is 3. The van der Waals surface area contributed by atoms with Crippen molar-refractivity contribution in [1.29, 1.82) is 0 Å². The van der Waals surface area contributed by atoms with Gasteiger partial charge in [-0.15, -0.1) is 0 Å². The highest BCUT2D eigenvalue weighted by Crippen LogP contribution is 2.35. The molecular weight excluding hydrogens is 578 g/mol. The summed E-state index contributed by atoms with van der Waals surface area (Å²) in [7, 11) is -3.95. The summed E-state index contributed by atoms with van der Waals surface area (Å²) < 4.78 is 33.2. The Morgan fingerprint density at radius 2 is 1.35 bits per heavy atom. The number of para-hydroxylation sites is 1. The van der Waals surface area contributed by atoms with Gasteiger partial charge >= 0.3 is 6.03 Å². The van der Waals surface area contributed by atoms with Gasteiger partial charge in [0, 0.05) is 31.9 Å². The molecule has 0 aromatic heterocycles. The molecule has 5 rings (SSSR count). The fourth-order valence-corrected chi connectivity index (χ4v) is 6.42. The maximum atomic E-state index is 13.4. The number of ether oxygens (including phenoxy) is 1. The number of carbonyl (C=O) groups is 3. The molecule has 0 unspecified atom stereocenters. The molecule has 0 atom stereocenters. The molecule has 3 aromatic carbocycles. The first-order valence-electron chi connectivity index (χ1n) is 13.5. The lowest BCUT2D eigenvalue weighted by Gasteiger charge is -2.47. The van der Waals surface area contributed by atoms with E-state index >= 15 is 0 Å². The Balaban J connectivity index is 1.34. The molecule has 14 heteroatoms. The fourth-order valence-electron chi connectivity index (χ4n) is 5.20. The zero-order valence-electron chi connectivity index (χ0n) is 23.0. The number of amides is 4. The summed E-state index contributed by atoms with van der Waals surface area (Å²) in [5.74, 6) is -0.372. The van der Waals surface area contributed by atoms with Crippen molar-refractivity contribution in [1.82, 2.24) is 20.3 Å². The van der Waals surface area contributed by atoms with Crippen LogP contribution in [0.1, 0.15) is 5.56 Å². The summed E-state index contributed by atoms with van der Waals surface area (Å²) in [6.45, 7) is 0.242. The van der Waals surface area contributed by atoms with Crippen LogP contribution in [0.15, 0.2) is 83.8 Å². The number of hydrogen-bond donors (Lipinski definition) is 5. The summed E-state index contributed by atoms with van der Waals surface area (Å²) in [5.41, 5.74) is -0.705. The van der Waals surface area contributed by atoms with Crippen molar-refractivity contribution in [2.24, 2.45) is 0 Å². The Hall–Kier alpha value is -4.34. The minimum absolute atomic E-state index is 0.0272. The molecular formula is C29H31N5O8S. The van der Waals surface area contributed by atoms with Crippen LogP contribution < -0.4 is 25.0 Å². The molecule has 13 nitrogen and oxygen atoms in total. The summed E-state index contributed by atoms with van der Waals surface area (Å²) >= 11 is 0. The minimum Gasteiger partial charge on any atom is -0.457 e. The van der Waals surface area contributed by atoms with E-state index in [1.165, 1.54) is 12.1 Å². The van der Waals surface area contributed by atoms with E-state index in [1.54, 1.807) is 53.4 Å². The van der Waals surface area contributed by atoms with Gasteiger partial charge in [0.25, 0.3) is 11.8 Å². The Morgan fingerprint density at radius 1 is 0.791 bits per heavy atom. The maximum absolute atomic E-state index is 13.4. The molecule has 0 aliphatic carbocycles. The molecule has 4 amide bonds. The predicted molar refractivity (Wildman–Crippen MR) is 155 cm³/mol. The highest BCUT2D eigenvalue weighted by Gasteiger charge is 2.56. The molecule has 0 saturated carbocycles. The van der Waals surface area contributed by atoms with Gasteiger partial charge in [0.15, 0.2) is 0 Å². The molecule has 2 aliphatic rings. The predicted octanol–water partition coefficient (Wildman–Crippen LogP) is 0.494. The number of nitrogens with one attached hydrogen (secondary N) is 3. The van der Waals surface area contributed by atoms with E-state index in [-0.39, 0.29) is 18.0 Å². The monoisotopic (exact) mass is 609 g/mol. The van der Waals surface area contributed by atoms with Crippen molar-refractivity contribution in [2.45, 2.75) is 16.5 Å². The van der Waals surface area contributed by atoms with Gasteiger partial charge in [0.1, 0.15) is 11.5 Å². The Labute approximate surface area is 248 Å². The Morgan fingerprint density at radius 3 is 1.91 bits per heavy atom. The van der Waals surface area contributed by atoms with Crippen LogP contribution in [0.2, 0.25) is 0 Å². The van der Waals surface area contributed by atoms with E-state index in [0.717, 1.165) is 5.69 Å². The lowest BCUT2D eigenvalue weighted by molar-refractivity contribution is -0.149. The van der Waals surface area contributed by atoms with Crippen molar-refractivity contribution in [3.63, 3.8) is 0 Å². The average Bonchev–Trinajstić information content (AvgIpc) is 3.01. The van der Waals surface area contributed by atoms with Crippen molar-refractivity contribution in [3.8, 4) is 11.5 Å². The highest BCUT2D eigenvalue weighted by atomic mass is 32.2. The second-order valence-electron chi connectivity index (χ2n) is 10.0. The van der Waals surface area contributed by atoms with Gasteiger partial charge in [-0.1, -0.05) is 30.3 Å². The van der Waals surface area contributed by atoms with Gasteiger partial charge in [-0.05, 0) is 54.1 Å². The van der Waals surface area contributed by atoms with Gasteiger partial charge in [-0.2, -0.15) is 0 Å². The average molecular weight is 610 g/mol. The van der Waals surface area contributed by atoms with Gasteiger partial charge in [-0.3, -0.25) is 25.1 Å². The molecule has 5 N–H and O–H groups in total. The summed E-state index contributed by atoms with van der Waals surface area (Å²) in [6.07, 6.45) is 0. The third-order valence-corrected chi connectivity index (χ3v) is 8.93. The van der Waals surface area contributed by atoms with Crippen LogP contribution in [0, 0.1) is 0 Å². The summed E-state index contributed by atoms with van der Waals surface area (Å²) in [4.78, 5) is 42.6. The first-order valence-corrected chi connectivity index (χ1v) is 15.0. The summed E-state index contributed by atoms with van der Waals surface area (Å²) in [5, 5.41) is 22.9. The molecule has 3 aromatic rings. The number of urea groups is 1. The van der Waals surface area contributed by atoms with Crippen LogP contribution in [-0.4, -0.2) is 86.8 Å². The number of imide groups is 2. The molecule has 43 heavy (non-hydrogen) atoms.